The molecule has 0 unspecified atom stereocenters. The summed E-state index contributed by atoms with van der Waals surface area (Å²) >= 11 is 11.7. The molecule has 1 aromatic heterocycles. The normalized spacial score (nSPS) is 10.2. The number of rotatable bonds is 9. The Morgan fingerprint density at radius 1 is 0.281 bits per heavy atom. The van der Waals surface area contributed by atoms with E-state index in [0.29, 0.717) is 0 Å². The van der Waals surface area contributed by atoms with Gasteiger partial charge in [0.15, 0.2) is 0 Å². The fourth-order valence-corrected chi connectivity index (χ4v) is 13.6. The first-order chi connectivity index (χ1) is 31.5. The summed E-state index contributed by atoms with van der Waals surface area (Å²) in [5, 5.41) is 11.1. The fraction of sp³-hybridized carbons (Fsp3) is 0.0536. The van der Waals surface area contributed by atoms with E-state index in [1.54, 1.807) is 40.7 Å². The van der Waals surface area contributed by atoms with Crippen LogP contribution in [0.1, 0.15) is 16.7 Å². The van der Waals surface area contributed by atoms with Crippen LogP contribution in [0.15, 0.2) is 249 Å². The first-order valence-electron chi connectivity index (χ1n) is 20.5. The summed E-state index contributed by atoms with van der Waals surface area (Å²) in [6, 6.07) is 86.6. The van der Waals surface area contributed by atoms with E-state index in [-0.39, 0.29) is 0 Å². The third-order valence-corrected chi connectivity index (χ3v) is 17.0. The second kappa shape index (κ2) is 29.4. The molecule has 0 saturated heterocycles. The molecule has 0 aliphatic heterocycles. The van der Waals surface area contributed by atoms with Gasteiger partial charge in [0.1, 0.15) is 0 Å². The molecular formula is C56H50Cu2I2NP3. The molecule has 0 spiro atoms. The van der Waals surface area contributed by atoms with Gasteiger partial charge < -0.3 is 0 Å². The maximum Gasteiger partial charge on any atom is -0.0134 e. The van der Waals surface area contributed by atoms with Gasteiger partial charge in [-0.3, -0.25) is 4.98 Å². The van der Waals surface area contributed by atoms with Crippen molar-refractivity contribution in [1.82, 2.24) is 4.98 Å². The van der Waals surface area contributed by atoms with E-state index in [1.165, 1.54) is 64.6 Å². The van der Waals surface area contributed by atoms with Crippen molar-refractivity contribution in [2.24, 2.45) is 0 Å². The van der Waals surface area contributed by atoms with E-state index in [1.807, 2.05) is 6.20 Å². The summed E-state index contributed by atoms with van der Waals surface area (Å²) in [7, 11) is -1.49. The smallest absolute Gasteiger partial charge is 0.0134 e. The number of pyridine rings is 1. The minimum Gasteiger partial charge on any atom is -0.0622 e. The van der Waals surface area contributed by atoms with Crippen molar-refractivity contribution in [3.63, 3.8) is 0 Å². The Hall–Kier alpha value is -3.30. The fourth-order valence-electron chi connectivity index (χ4n) is 6.80. The van der Waals surface area contributed by atoms with Crippen molar-refractivity contribution in [3.8, 4) is 0 Å². The van der Waals surface area contributed by atoms with Gasteiger partial charge >= 0.3 is 66.2 Å². The molecule has 0 saturated carbocycles. The molecule has 0 N–H and O–H groups in total. The maximum atomic E-state index is 4.67. The quantitative estimate of drug-likeness (QED) is 0.0797. The zero-order chi connectivity index (χ0) is 45.4. The van der Waals surface area contributed by atoms with E-state index >= 15 is 0 Å². The van der Waals surface area contributed by atoms with Crippen LogP contribution in [0.5, 0.6) is 0 Å². The van der Waals surface area contributed by atoms with Crippen LogP contribution in [0.3, 0.4) is 0 Å². The van der Waals surface area contributed by atoms with Gasteiger partial charge in [0, 0.05) is 14.1 Å². The van der Waals surface area contributed by atoms with Crippen molar-refractivity contribution in [1.29, 1.82) is 0 Å². The Balaban J connectivity index is 0.000000174. The van der Waals surface area contributed by atoms with Crippen LogP contribution in [0.2, 0.25) is 0 Å². The number of halogens is 2. The molecular weight excluding hydrogens is 1160 g/mol. The molecule has 8 heteroatoms. The molecule has 8 aromatic carbocycles. The summed E-state index contributed by atoms with van der Waals surface area (Å²) < 4.78 is 0. The van der Waals surface area contributed by atoms with Gasteiger partial charge in [0.25, 0.3) is 0 Å². The summed E-state index contributed by atoms with van der Waals surface area (Å²) in [6.45, 7) is 6.38. The minimum absolute atomic E-state index is 0.446. The number of hydrogen-bond acceptors (Lipinski definition) is 1. The van der Waals surface area contributed by atoms with Gasteiger partial charge in [-0.1, -0.05) is 242 Å². The first-order valence-corrected chi connectivity index (χ1v) is 30.6. The average molecular weight is 1210 g/mol. The summed E-state index contributed by atoms with van der Waals surface area (Å²) in [6.07, 6.45) is 1.92. The predicted molar refractivity (Wildman–Crippen MR) is 295 cm³/mol. The van der Waals surface area contributed by atoms with E-state index in [9.17, 15) is 0 Å². The molecule has 330 valence electrons. The van der Waals surface area contributed by atoms with Gasteiger partial charge in [-0.2, -0.15) is 0 Å². The van der Waals surface area contributed by atoms with Crippen LogP contribution in [0.4, 0.5) is 0 Å². The summed E-state index contributed by atoms with van der Waals surface area (Å²) in [5.41, 5.74) is 5.01. The van der Waals surface area contributed by atoms with E-state index in [0.717, 1.165) is 0 Å². The Morgan fingerprint density at radius 3 is 0.750 bits per heavy atom. The molecule has 0 bridgehead atoms. The van der Waals surface area contributed by atoms with Crippen LogP contribution in [0, 0.1) is 20.8 Å². The van der Waals surface area contributed by atoms with E-state index in [4.69, 9.17) is 0 Å². The molecule has 1 nitrogen and oxygen atoms in total. The number of nitrogens with zero attached hydrogens (tertiary/aromatic N) is 1. The summed E-state index contributed by atoms with van der Waals surface area (Å²) in [5.74, 6) is 0. The second-order valence-electron chi connectivity index (χ2n) is 14.4. The number of benzene rings is 8. The zero-order valence-electron chi connectivity index (χ0n) is 35.8. The number of hydrogen-bond donors (Lipinski definition) is 0. The number of aryl methyl sites for hydroxylation is 3. The Bertz CT molecular complexity index is 2260. The van der Waals surface area contributed by atoms with Crippen LogP contribution in [-0.2, 0) is 25.5 Å². The monoisotopic (exact) mass is 1210 g/mol. The predicted octanol–water partition coefficient (Wildman–Crippen LogP) is 12.4. The summed E-state index contributed by atoms with van der Waals surface area (Å²) in [4.78, 5) is 4.67. The van der Waals surface area contributed by atoms with Crippen molar-refractivity contribution in [2.75, 3.05) is 0 Å². The molecule has 0 radical (unpaired) electrons. The van der Waals surface area contributed by atoms with E-state index in [2.05, 4.69) is 294 Å². The molecule has 0 fully saturated rings. The van der Waals surface area contributed by atoms with Gasteiger partial charge in [-0.25, -0.2) is 0 Å². The molecule has 64 heavy (non-hydrogen) atoms. The van der Waals surface area contributed by atoms with Gasteiger partial charge in [0.2, 0.25) is 0 Å². The molecule has 9 aromatic rings. The van der Waals surface area contributed by atoms with Crippen molar-refractivity contribution in [3.05, 3.63) is 266 Å². The largest absolute Gasteiger partial charge is 0.0622 e. The molecule has 0 aliphatic rings. The van der Waals surface area contributed by atoms with Crippen LogP contribution in [-0.4, -0.2) is 4.98 Å². The Labute approximate surface area is 424 Å². The standard InChI is InChI=1S/C20H20NP.2C18H15P.2Cu.2HI/c1-15-4-8-18(9-5-15)22(19-10-6-16(2)7-11-19)20-14-17(3)12-13-21-20;2*1-4-10-16(11-5-1)19(17-12-6-2-7-13-17)18-14-8-3-9-15-18;;;;/h4-14H,1-3H3;2*1-15H;;;2*1H/q;;;2*+1;;/p-2. The Kier molecular flexibility index (Phi) is 23.7. The molecule has 0 aliphatic carbocycles. The zero-order valence-corrected chi connectivity index (χ0v) is 44.7. The molecule has 9 rings (SSSR count). The topological polar surface area (TPSA) is 12.9 Å². The van der Waals surface area contributed by atoms with Crippen LogP contribution in [0.25, 0.3) is 0 Å². The van der Waals surface area contributed by atoms with Crippen LogP contribution < -0.4 is 47.9 Å². The van der Waals surface area contributed by atoms with Gasteiger partial charge in [0.05, 0.1) is 5.44 Å². The third-order valence-electron chi connectivity index (χ3n) is 9.80. The van der Waals surface area contributed by atoms with Gasteiger partial charge in [-0.15, -0.1) is 0 Å². The van der Waals surface area contributed by atoms with Gasteiger partial charge in [-0.05, 0) is 96.7 Å². The first kappa shape index (κ1) is 51.7. The average Bonchev–Trinajstić information content (AvgIpc) is 3.37. The maximum absolute atomic E-state index is 4.67. The van der Waals surface area contributed by atoms with Crippen molar-refractivity contribution < 1.29 is 25.5 Å². The third kappa shape index (κ3) is 15.9. The minimum atomic E-state index is -0.598. The van der Waals surface area contributed by atoms with E-state index < -0.39 is 23.8 Å². The van der Waals surface area contributed by atoms with Crippen molar-refractivity contribution in [2.45, 2.75) is 20.8 Å². The molecule has 0 amide bonds. The SMILES string of the molecule is Cc1ccc(P(c2ccc(C)cc2)c2cc(C)ccn2)cc1.[Cu][I].[Cu][I].c1ccc(P(c2ccccc2)c2ccccc2)cc1.c1ccc(P(c2ccccc2)c2ccccc2)cc1. The second-order valence-corrected chi connectivity index (χ2v) is 21.0. The molecule has 1 heterocycles. The van der Waals surface area contributed by atoms with Crippen LogP contribution >= 0.6 is 64.5 Å². The number of aromatic nitrogens is 1. The molecule has 0 atom stereocenters. The van der Waals surface area contributed by atoms with Crippen molar-refractivity contribution >= 4 is 112 Å². The Morgan fingerprint density at radius 2 is 0.516 bits per heavy atom.